The number of rotatable bonds is 3. The van der Waals surface area contributed by atoms with Crippen molar-refractivity contribution in [2.24, 2.45) is 5.73 Å². The molecule has 0 saturated carbocycles. The zero-order valence-corrected chi connectivity index (χ0v) is 10.5. The Morgan fingerprint density at radius 2 is 1.82 bits per heavy atom. The summed E-state index contributed by atoms with van der Waals surface area (Å²) in [6.45, 7) is 4.16. The fraction of sp³-hybridized carbons (Fsp3) is 0.500. The second-order valence-corrected chi connectivity index (χ2v) is 5.02. The molecule has 0 bridgehead atoms. The molecule has 0 radical (unpaired) electrons. The highest BCUT2D eigenvalue weighted by molar-refractivity contribution is 6.31. The van der Waals surface area contributed by atoms with Crippen molar-refractivity contribution in [3.63, 3.8) is 0 Å². The predicted molar refractivity (Wildman–Crippen MR) is 63.2 cm³/mol. The third kappa shape index (κ3) is 3.36. The van der Waals surface area contributed by atoms with Crippen molar-refractivity contribution in [2.45, 2.75) is 31.9 Å². The fourth-order valence-electron chi connectivity index (χ4n) is 1.67. The maximum Gasteiger partial charge on any atom is 0.417 e. The summed E-state index contributed by atoms with van der Waals surface area (Å²) in [5.74, 6) is 0. The van der Waals surface area contributed by atoms with Gasteiger partial charge in [-0.25, -0.2) is 0 Å². The summed E-state index contributed by atoms with van der Waals surface area (Å²) in [5.41, 5.74) is 4.87. The lowest BCUT2D eigenvalue weighted by molar-refractivity contribution is -0.137. The smallest absolute Gasteiger partial charge is 0.330 e. The van der Waals surface area contributed by atoms with Crippen molar-refractivity contribution in [3.8, 4) is 0 Å². The van der Waals surface area contributed by atoms with Gasteiger partial charge in [-0.3, -0.25) is 0 Å². The lowest BCUT2D eigenvalue weighted by atomic mass is 9.81. The van der Waals surface area contributed by atoms with Crippen LogP contribution in [0.2, 0.25) is 5.02 Å². The molecule has 0 aliphatic rings. The first-order chi connectivity index (χ1) is 7.68. The lowest BCUT2D eigenvalue weighted by Crippen LogP contribution is -2.22. The van der Waals surface area contributed by atoms with Gasteiger partial charge >= 0.3 is 6.18 Å². The first-order valence-corrected chi connectivity index (χ1v) is 5.63. The van der Waals surface area contributed by atoms with E-state index in [9.17, 15) is 13.2 Å². The van der Waals surface area contributed by atoms with Crippen LogP contribution in [0.5, 0.6) is 0 Å². The highest BCUT2D eigenvalue weighted by atomic mass is 35.5. The molecule has 2 N–H and O–H groups in total. The standard InChI is InChI=1S/C12H15ClF3N/c1-11(2,5-6-17)8-3-4-10(13)9(7-8)12(14,15)16/h3-4,7H,5-6,17H2,1-2H3. The van der Waals surface area contributed by atoms with Gasteiger partial charge in [0.2, 0.25) is 0 Å². The van der Waals surface area contributed by atoms with Gasteiger partial charge in [-0.05, 0) is 36.1 Å². The van der Waals surface area contributed by atoms with E-state index in [0.29, 0.717) is 18.5 Å². The molecule has 0 amide bonds. The molecule has 0 atom stereocenters. The number of halogens is 4. The Bertz CT molecular complexity index is 399. The van der Waals surface area contributed by atoms with Gasteiger partial charge in [-0.15, -0.1) is 0 Å². The van der Waals surface area contributed by atoms with Gasteiger partial charge in [-0.2, -0.15) is 13.2 Å². The van der Waals surface area contributed by atoms with Crippen molar-refractivity contribution in [3.05, 3.63) is 34.3 Å². The molecule has 0 unspecified atom stereocenters. The van der Waals surface area contributed by atoms with E-state index < -0.39 is 11.7 Å². The van der Waals surface area contributed by atoms with Crippen LogP contribution in [-0.2, 0) is 11.6 Å². The monoisotopic (exact) mass is 265 g/mol. The van der Waals surface area contributed by atoms with Crippen LogP contribution in [0, 0.1) is 0 Å². The maximum atomic E-state index is 12.7. The Kier molecular flexibility index (Phi) is 4.10. The average Bonchev–Trinajstić information content (AvgIpc) is 2.15. The average molecular weight is 266 g/mol. The summed E-state index contributed by atoms with van der Waals surface area (Å²) >= 11 is 5.56. The highest BCUT2D eigenvalue weighted by Gasteiger charge is 2.34. The van der Waals surface area contributed by atoms with Gasteiger partial charge in [0.25, 0.3) is 0 Å². The molecule has 96 valence electrons. The number of hydrogen-bond acceptors (Lipinski definition) is 1. The van der Waals surface area contributed by atoms with Gasteiger partial charge in [0.1, 0.15) is 0 Å². The minimum Gasteiger partial charge on any atom is -0.330 e. The van der Waals surface area contributed by atoms with Crippen LogP contribution in [0.1, 0.15) is 31.4 Å². The van der Waals surface area contributed by atoms with E-state index >= 15 is 0 Å². The van der Waals surface area contributed by atoms with Crippen molar-refractivity contribution in [1.82, 2.24) is 0 Å². The van der Waals surface area contributed by atoms with E-state index in [1.807, 2.05) is 13.8 Å². The molecule has 0 heterocycles. The van der Waals surface area contributed by atoms with E-state index in [4.69, 9.17) is 17.3 Å². The summed E-state index contributed by atoms with van der Waals surface area (Å²) in [6, 6.07) is 4.02. The third-order valence-corrected chi connectivity index (χ3v) is 3.15. The van der Waals surface area contributed by atoms with Gasteiger partial charge in [0, 0.05) is 0 Å². The molecule has 17 heavy (non-hydrogen) atoms. The molecule has 0 aromatic heterocycles. The zero-order valence-electron chi connectivity index (χ0n) is 9.74. The Balaban J connectivity index is 3.22. The van der Waals surface area contributed by atoms with E-state index in [2.05, 4.69) is 0 Å². The summed E-state index contributed by atoms with van der Waals surface area (Å²) in [6.07, 6.45) is -3.81. The van der Waals surface area contributed by atoms with Crippen LogP contribution in [0.25, 0.3) is 0 Å². The summed E-state index contributed by atoms with van der Waals surface area (Å²) < 4.78 is 38.1. The van der Waals surface area contributed by atoms with Crippen LogP contribution < -0.4 is 5.73 Å². The van der Waals surface area contributed by atoms with E-state index in [-0.39, 0.29) is 10.4 Å². The molecule has 5 heteroatoms. The van der Waals surface area contributed by atoms with Crippen molar-refractivity contribution >= 4 is 11.6 Å². The Hall–Kier alpha value is -0.740. The Morgan fingerprint density at radius 1 is 1.24 bits per heavy atom. The summed E-state index contributed by atoms with van der Waals surface area (Å²) in [4.78, 5) is 0. The van der Waals surface area contributed by atoms with Gasteiger partial charge < -0.3 is 5.73 Å². The quantitative estimate of drug-likeness (QED) is 0.879. The Morgan fingerprint density at radius 3 is 2.29 bits per heavy atom. The molecule has 0 aliphatic carbocycles. The van der Waals surface area contributed by atoms with Crippen LogP contribution in [0.3, 0.4) is 0 Å². The molecule has 1 rings (SSSR count). The molecule has 0 spiro atoms. The van der Waals surface area contributed by atoms with Gasteiger partial charge in [0.15, 0.2) is 0 Å². The van der Waals surface area contributed by atoms with Crippen LogP contribution in [-0.4, -0.2) is 6.54 Å². The summed E-state index contributed by atoms with van der Waals surface area (Å²) in [7, 11) is 0. The van der Waals surface area contributed by atoms with Crippen LogP contribution >= 0.6 is 11.6 Å². The second kappa shape index (κ2) is 4.86. The van der Waals surface area contributed by atoms with Crippen LogP contribution in [0.15, 0.2) is 18.2 Å². The van der Waals surface area contributed by atoms with Crippen molar-refractivity contribution < 1.29 is 13.2 Å². The highest BCUT2D eigenvalue weighted by Crippen LogP contribution is 2.38. The molecule has 1 nitrogen and oxygen atoms in total. The molecule has 0 aliphatic heterocycles. The second-order valence-electron chi connectivity index (χ2n) is 4.61. The number of benzene rings is 1. The lowest BCUT2D eigenvalue weighted by Gasteiger charge is -2.25. The van der Waals surface area contributed by atoms with E-state index in [1.165, 1.54) is 6.07 Å². The summed E-state index contributed by atoms with van der Waals surface area (Å²) in [5, 5.41) is -0.273. The van der Waals surface area contributed by atoms with Crippen LogP contribution in [0.4, 0.5) is 13.2 Å². The largest absolute Gasteiger partial charge is 0.417 e. The first kappa shape index (κ1) is 14.3. The third-order valence-electron chi connectivity index (χ3n) is 2.82. The fourth-order valence-corrected chi connectivity index (χ4v) is 1.89. The first-order valence-electron chi connectivity index (χ1n) is 5.26. The minimum absolute atomic E-state index is 0.273. The topological polar surface area (TPSA) is 26.0 Å². The predicted octanol–water partition coefficient (Wildman–Crippen LogP) is 3.99. The van der Waals surface area contributed by atoms with Gasteiger partial charge in [-0.1, -0.05) is 31.5 Å². The normalized spacial score (nSPS) is 12.9. The molecular formula is C12H15ClF3N. The molecular weight excluding hydrogens is 251 g/mol. The van der Waals surface area contributed by atoms with E-state index in [0.717, 1.165) is 6.07 Å². The van der Waals surface area contributed by atoms with Crippen molar-refractivity contribution in [1.29, 1.82) is 0 Å². The molecule has 0 fully saturated rings. The number of hydrogen-bond donors (Lipinski definition) is 1. The van der Waals surface area contributed by atoms with Gasteiger partial charge in [0.05, 0.1) is 10.6 Å². The SMILES string of the molecule is CC(C)(CCN)c1ccc(Cl)c(C(F)(F)F)c1. The number of alkyl halides is 3. The maximum absolute atomic E-state index is 12.7. The Labute approximate surface area is 104 Å². The molecule has 1 aromatic rings. The molecule has 1 aromatic carbocycles. The minimum atomic E-state index is -4.42. The zero-order chi connectivity index (χ0) is 13.3. The van der Waals surface area contributed by atoms with E-state index in [1.54, 1.807) is 6.07 Å². The van der Waals surface area contributed by atoms with Crippen molar-refractivity contribution in [2.75, 3.05) is 6.54 Å². The molecule has 0 saturated heterocycles. The number of nitrogens with two attached hydrogens (primary N) is 1.